The third kappa shape index (κ3) is 2.29. The molecule has 1 aromatic heterocycles. The molecule has 23 heavy (non-hydrogen) atoms. The Bertz CT molecular complexity index is 933. The molecule has 1 aliphatic rings. The molecule has 0 radical (unpaired) electrons. The van der Waals surface area contributed by atoms with Crippen molar-refractivity contribution in [1.29, 1.82) is 0 Å². The number of carbonyl (C=O) groups excluding carboxylic acids is 1. The highest BCUT2D eigenvalue weighted by molar-refractivity contribution is 6.35. The highest BCUT2D eigenvalue weighted by Crippen LogP contribution is 2.34. The zero-order valence-electron chi connectivity index (χ0n) is 12.3. The number of amides is 1. The van der Waals surface area contributed by atoms with E-state index >= 15 is 0 Å². The number of hydrogen-bond acceptors (Lipinski definition) is 3. The standard InChI is InChI=1S/C17H13ClN2O3/c1-20-13-4-2-3-12(18)11(13)8-14(20)17(21)19-10-5-6-15-16(7-10)23-9-22-15/h2-8H,9H2,1H3,(H,19,21). The van der Waals surface area contributed by atoms with E-state index in [9.17, 15) is 4.79 Å². The second-order valence-corrected chi connectivity index (χ2v) is 5.69. The Kier molecular flexibility index (Phi) is 3.16. The lowest BCUT2D eigenvalue weighted by Crippen LogP contribution is -2.15. The van der Waals surface area contributed by atoms with E-state index in [0.717, 1.165) is 10.9 Å². The van der Waals surface area contributed by atoms with E-state index in [2.05, 4.69) is 5.32 Å². The molecular weight excluding hydrogens is 316 g/mol. The fourth-order valence-electron chi connectivity index (χ4n) is 2.71. The molecule has 1 N–H and O–H groups in total. The van der Waals surface area contributed by atoms with Crippen molar-refractivity contribution in [2.75, 3.05) is 12.1 Å². The van der Waals surface area contributed by atoms with Crippen LogP contribution >= 0.6 is 11.6 Å². The summed E-state index contributed by atoms with van der Waals surface area (Å²) < 4.78 is 12.4. The van der Waals surface area contributed by atoms with Crippen molar-refractivity contribution in [2.24, 2.45) is 7.05 Å². The molecule has 3 aromatic rings. The first-order chi connectivity index (χ1) is 11.1. The van der Waals surface area contributed by atoms with Gasteiger partial charge in [-0.05, 0) is 30.3 Å². The highest BCUT2D eigenvalue weighted by atomic mass is 35.5. The first kappa shape index (κ1) is 14.0. The van der Waals surface area contributed by atoms with Gasteiger partial charge < -0.3 is 19.4 Å². The van der Waals surface area contributed by atoms with Crippen LogP contribution in [0.2, 0.25) is 5.02 Å². The Balaban J connectivity index is 1.67. The average Bonchev–Trinajstić information content (AvgIpc) is 3.13. The van der Waals surface area contributed by atoms with E-state index in [4.69, 9.17) is 21.1 Å². The zero-order chi connectivity index (χ0) is 16.0. The van der Waals surface area contributed by atoms with Crippen LogP contribution in [0.25, 0.3) is 10.9 Å². The Hall–Kier alpha value is -2.66. The van der Waals surface area contributed by atoms with E-state index < -0.39 is 0 Å². The number of ether oxygens (including phenoxy) is 2. The van der Waals surface area contributed by atoms with Crippen molar-refractivity contribution in [3.05, 3.63) is 53.2 Å². The van der Waals surface area contributed by atoms with Crippen LogP contribution in [0.5, 0.6) is 11.5 Å². The molecule has 0 spiro atoms. The number of carbonyl (C=O) groups is 1. The van der Waals surface area contributed by atoms with Gasteiger partial charge in [0.05, 0.1) is 0 Å². The number of nitrogens with one attached hydrogen (secondary N) is 1. The molecule has 0 fully saturated rings. The summed E-state index contributed by atoms with van der Waals surface area (Å²) in [6, 6.07) is 12.7. The number of aryl methyl sites for hydroxylation is 1. The van der Waals surface area contributed by atoms with Crippen LogP contribution in [0.1, 0.15) is 10.5 Å². The number of hydrogen-bond donors (Lipinski definition) is 1. The summed E-state index contributed by atoms with van der Waals surface area (Å²) in [4.78, 5) is 12.6. The summed E-state index contributed by atoms with van der Waals surface area (Å²) in [5.74, 6) is 1.10. The number of aromatic nitrogens is 1. The summed E-state index contributed by atoms with van der Waals surface area (Å²) in [6.07, 6.45) is 0. The van der Waals surface area contributed by atoms with Gasteiger partial charge in [-0.1, -0.05) is 17.7 Å². The molecule has 0 aliphatic carbocycles. The minimum Gasteiger partial charge on any atom is -0.454 e. The SMILES string of the molecule is Cn1c(C(=O)Nc2ccc3c(c2)OCO3)cc2c(Cl)cccc21. The third-order valence-corrected chi connectivity index (χ3v) is 4.23. The molecule has 6 heteroatoms. The highest BCUT2D eigenvalue weighted by Gasteiger charge is 2.17. The molecule has 4 rings (SSSR count). The minimum atomic E-state index is -0.210. The van der Waals surface area contributed by atoms with Gasteiger partial charge in [0, 0.05) is 34.7 Å². The lowest BCUT2D eigenvalue weighted by atomic mass is 10.2. The molecule has 1 amide bonds. The first-order valence-electron chi connectivity index (χ1n) is 7.08. The van der Waals surface area contributed by atoms with E-state index in [1.54, 1.807) is 24.3 Å². The molecule has 2 aromatic carbocycles. The monoisotopic (exact) mass is 328 g/mol. The Morgan fingerprint density at radius 3 is 2.83 bits per heavy atom. The van der Waals surface area contributed by atoms with Crippen molar-refractivity contribution >= 4 is 34.1 Å². The molecular formula is C17H13ClN2O3. The van der Waals surface area contributed by atoms with Crippen LogP contribution in [0.3, 0.4) is 0 Å². The predicted molar refractivity (Wildman–Crippen MR) is 88.4 cm³/mol. The van der Waals surface area contributed by atoms with Gasteiger partial charge in [0.25, 0.3) is 5.91 Å². The lowest BCUT2D eigenvalue weighted by molar-refractivity contribution is 0.102. The third-order valence-electron chi connectivity index (χ3n) is 3.90. The van der Waals surface area contributed by atoms with Gasteiger partial charge in [-0.15, -0.1) is 0 Å². The van der Waals surface area contributed by atoms with Gasteiger partial charge in [0.15, 0.2) is 11.5 Å². The summed E-state index contributed by atoms with van der Waals surface area (Å²) >= 11 is 6.20. The fourth-order valence-corrected chi connectivity index (χ4v) is 2.94. The Labute approximate surface area is 137 Å². The minimum absolute atomic E-state index is 0.203. The van der Waals surface area contributed by atoms with E-state index in [0.29, 0.717) is 27.9 Å². The molecule has 0 saturated heterocycles. The van der Waals surface area contributed by atoms with Gasteiger partial charge in [0.1, 0.15) is 5.69 Å². The van der Waals surface area contributed by atoms with Crippen LogP contribution in [0.15, 0.2) is 42.5 Å². The zero-order valence-corrected chi connectivity index (χ0v) is 13.1. The number of fused-ring (bicyclic) bond motifs is 2. The van der Waals surface area contributed by atoms with Crippen LogP contribution in [-0.2, 0) is 7.05 Å². The van der Waals surface area contributed by atoms with Crippen LogP contribution in [0, 0.1) is 0 Å². The second kappa shape index (κ2) is 5.21. The van der Waals surface area contributed by atoms with Gasteiger partial charge >= 0.3 is 0 Å². The molecule has 5 nitrogen and oxygen atoms in total. The van der Waals surface area contributed by atoms with E-state index in [-0.39, 0.29) is 12.7 Å². The number of rotatable bonds is 2. The maximum atomic E-state index is 12.6. The topological polar surface area (TPSA) is 52.5 Å². The molecule has 0 unspecified atom stereocenters. The summed E-state index contributed by atoms with van der Waals surface area (Å²) in [6.45, 7) is 0.203. The quantitative estimate of drug-likeness (QED) is 0.778. The summed E-state index contributed by atoms with van der Waals surface area (Å²) in [7, 11) is 1.84. The Morgan fingerprint density at radius 1 is 1.17 bits per heavy atom. The van der Waals surface area contributed by atoms with Gasteiger partial charge in [-0.2, -0.15) is 0 Å². The molecule has 0 bridgehead atoms. The largest absolute Gasteiger partial charge is 0.454 e. The van der Waals surface area contributed by atoms with Crippen LogP contribution in [0.4, 0.5) is 5.69 Å². The lowest BCUT2D eigenvalue weighted by Gasteiger charge is -2.07. The fraction of sp³-hybridized carbons (Fsp3) is 0.118. The van der Waals surface area contributed by atoms with Gasteiger partial charge in [0.2, 0.25) is 6.79 Å². The molecule has 2 heterocycles. The second-order valence-electron chi connectivity index (χ2n) is 5.28. The van der Waals surface area contributed by atoms with Crippen LogP contribution in [-0.4, -0.2) is 17.3 Å². The van der Waals surface area contributed by atoms with Crippen LogP contribution < -0.4 is 14.8 Å². The summed E-state index contributed by atoms with van der Waals surface area (Å²) in [5, 5.41) is 4.35. The first-order valence-corrected chi connectivity index (χ1v) is 7.46. The van der Waals surface area contributed by atoms with E-state index in [1.807, 2.05) is 29.8 Å². The van der Waals surface area contributed by atoms with E-state index in [1.165, 1.54) is 0 Å². The van der Waals surface area contributed by atoms with Crippen molar-refractivity contribution in [3.8, 4) is 11.5 Å². The van der Waals surface area contributed by atoms with Gasteiger partial charge in [-0.3, -0.25) is 4.79 Å². The molecule has 0 atom stereocenters. The van der Waals surface area contributed by atoms with Crippen molar-refractivity contribution < 1.29 is 14.3 Å². The maximum absolute atomic E-state index is 12.6. The Morgan fingerprint density at radius 2 is 2.00 bits per heavy atom. The predicted octanol–water partition coefficient (Wildman–Crippen LogP) is 3.81. The smallest absolute Gasteiger partial charge is 0.272 e. The molecule has 0 saturated carbocycles. The molecule has 1 aliphatic heterocycles. The maximum Gasteiger partial charge on any atom is 0.272 e. The van der Waals surface area contributed by atoms with Crippen molar-refractivity contribution in [3.63, 3.8) is 0 Å². The normalized spacial score (nSPS) is 12.6. The number of anilines is 1. The number of nitrogens with zero attached hydrogens (tertiary/aromatic N) is 1. The number of benzene rings is 2. The summed E-state index contributed by atoms with van der Waals surface area (Å²) in [5.41, 5.74) is 2.09. The molecule has 116 valence electrons. The number of halogens is 1. The van der Waals surface area contributed by atoms with Gasteiger partial charge in [-0.25, -0.2) is 0 Å². The average molecular weight is 329 g/mol. The van der Waals surface area contributed by atoms with Crippen molar-refractivity contribution in [1.82, 2.24) is 4.57 Å². The van der Waals surface area contributed by atoms with Crippen molar-refractivity contribution in [2.45, 2.75) is 0 Å².